The van der Waals surface area contributed by atoms with E-state index in [1.807, 2.05) is 0 Å². The highest BCUT2D eigenvalue weighted by molar-refractivity contribution is 7.07. The summed E-state index contributed by atoms with van der Waals surface area (Å²) in [6.07, 6.45) is 7.99. The topological polar surface area (TPSA) is 78.3 Å². The largest absolute Gasteiger partial charge is 0.478 e. The van der Waals surface area contributed by atoms with Gasteiger partial charge in [-0.3, -0.25) is 9.88 Å². The van der Waals surface area contributed by atoms with Crippen molar-refractivity contribution in [2.24, 2.45) is 0 Å². The molecule has 7 heteroatoms. The summed E-state index contributed by atoms with van der Waals surface area (Å²) in [6, 6.07) is 2.53. The Labute approximate surface area is 144 Å². The first-order valence-electron chi connectivity index (χ1n) is 7.92. The number of aliphatic carboxylic acids is 1. The molecule has 0 radical (unpaired) electrons. The van der Waals surface area contributed by atoms with Crippen molar-refractivity contribution in [3.05, 3.63) is 46.6 Å². The second kappa shape index (κ2) is 8.03. The average molecular weight is 344 g/mol. The van der Waals surface area contributed by atoms with E-state index in [0.29, 0.717) is 11.7 Å². The van der Waals surface area contributed by atoms with Gasteiger partial charge in [0, 0.05) is 25.2 Å². The van der Waals surface area contributed by atoms with Gasteiger partial charge in [0.25, 0.3) is 0 Å². The first kappa shape index (κ1) is 16.6. The third-order valence-corrected chi connectivity index (χ3v) is 4.64. The Bertz CT molecular complexity index is 685. The second-order valence-electron chi connectivity index (χ2n) is 5.85. The van der Waals surface area contributed by atoms with Crippen LogP contribution in [0.3, 0.4) is 0 Å². The zero-order chi connectivity index (χ0) is 16.8. The molecule has 2 aromatic heterocycles. The van der Waals surface area contributed by atoms with Gasteiger partial charge in [-0.05, 0) is 47.9 Å². The molecule has 1 unspecified atom stereocenters. The van der Waals surface area contributed by atoms with Crippen molar-refractivity contribution in [1.29, 1.82) is 0 Å². The van der Waals surface area contributed by atoms with Crippen molar-refractivity contribution < 1.29 is 9.90 Å². The minimum Gasteiger partial charge on any atom is -0.478 e. The number of aromatic nitrogens is 2. The molecule has 126 valence electrons. The molecule has 24 heavy (non-hydrogen) atoms. The van der Waals surface area contributed by atoms with Gasteiger partial charge in [-0.25, -0.2) is 9.78 Å². The van der Waals surface area contributed by atoms with Gasteiger partial charge >= 0.3 is 5.97 Å². The van der Waals surface area contributed by atoms with E-state index in [-0.39, 0.29) is 0 Å². The number of nitrogens with one attached hydrogen (secondary N) is 1. The molecule has 2 aromatic rings. The Kier molecular flexibility index (Phi) is 5.55. The van der Waals surface area contributed by atoms with Crippen molar-refractivity contribution in [3.8, 4) is 0 Å². The lowest BCUT2D eigenvalue weighted by Gasteiger charge is -2.33. The van der Waals surface area contributed by atoms with E-state index in [2.05, 4.69) is 37.0 Å². The zero-order valence-corrected chi connectivity index (χ0v) is 14.1. The molecule has 0 amide bonds. The van der Waals surface area contributed by atoms with Crippen molar-refractivity contribution in [3.63, 3.8) is 0 Å². The van der Waals surface area contributed by atoms with E-state index in [4.69, 9.17) is 5.11 Å². The number of anilines is 1. The number of hydrogen-bond donors (Lipinski definition) is 2. The molecule has 6 nitrogen and oxygen atoms in total. The molecular weight excluding hydrogens is 324 g/mol. The molecule has 0 aromatic carbocycles. The lowest BCUT2D eigenvalue weighted by molar-refractivity contribution is -0.131. The van der Waals surface area contributed by atoms with E-state index in [9.17, 15) is 4.79 Å². The van der Waals surface area contributed by atoms with Gasteiger partial charge in [-0.1, -0.05) is 0 Å². The number of hydrogen-bond acceptors (Lipinski definition) is 6. The minimum absolute atomic E-state index is 0.354. The third kappa shape index (κ3) is 4.87. The van der Waals surface area contributed by atoms with Gasteiger partial charge in [-0.15, -0.1) is 0 Å². The fourth-order valence-corrected chi connectivity index (χ4v) is 3.48. The highest BCUT2D eigenvalue weighted by Gasteiger charge is 2.20. The van der Waals surface area contributed by atoms with Gasteiger partial charge in [0.05, 0.1) is 18.1 Å². The number of carboxylic acids is 1. The number of piperidine rings is 1. The van der Waals surface area contributed by atoms with Gasteiger partial charge in [0.2, 0.25) is 0 Å². The fourth-order valence-electron chi connectivity index (χ4n) is 2.82. The van der Waals surface area contributed by atoms with E-state index >= 15 is 0 Å². The maximum Gasteiger partial charge on any atom is 0.328 e. The molecular formula is C17H20N4O2S. The van der Waals surface area contributed by atoms with Crippen LogP contribution in [0, 0.1) is 0 Å². The normalized spacial score (nSPS) is 18.8. The van der Waals surface area contributed by atoms with Crippen LogP contribution in [-0.4, -0.2) is 45.1 Å². The zero-order valence-electron chi connectivity index (χ0n) is 13.3. The van der Waals surface area contributed by atoms with E-state index < -0.39 is 5.97 Å². The summed E-state index contributed by atoms with van der Waals surface area (Å²) >= 11 is 1.74. The van der Waals surface area contributed by atoms with Gasteiger partial charge < -0.3 is 10.4 Å². The van der Waals surface area contributed by atoms with Crippen molar-refractivity contribution in [2.45, 2.75) is 25.4 Å². The van der Waals surface area contributed by atoms with Gasteiger partial charge in [-0.2, -0.15) is 11.3 Å². The summed E-state index contributed by atoms with van der Waals surface area (Å²) in [5.41, 5.74) is 1.90. The van der Waals surface area contributed by atoms with Crippen molar-refractivity contribution in [2.75, 3.05) is 18.4 Å². The van der Waals surface area contributed by atoms with Crippen LogP contribution in [0.5, 0.6) is 0 Å². The Hall–Kier alpha value is -2.25. The molecule has 3 heterocycles. The summed E-state index contributed by atoms with van der Waals surface area (Å²) in [6.45, 7) is 3.10. The van der Waals surface area contributed by atoms with Gasteiger partial charge in [0.15, 0.2) is 0 Å². The lowest BCUT2D eigenvalue weighted by atomic mass is 10.1. The summed E-state index contributed by atoms with van der Waals surface area (Å²) in [4.78, 5) is 21.5. The van der Waals surface area contributed by atoms with Crippen LogP contribution in [0.4, 0.5) is 5.82 Å². The summed E-state index contributed by atoms with van der Waals surface area (Å²) < 4.78 is 0. The van der Waals surface area contributed by atoms with Crippen molar-refractivity contribution in [1.82, 2.24) is 14.9 Å². The Morgan fingerprint density at radius 2 is 2.38 bits per heavy atom. The van der Waals surface area contributed by atoms with E-state index in [1.54, 1.807) is 23.7 Å². The predicted molar refractivity (Wildman–Crippen MR) is 94.9 cm³/mol. The molecule has 3 rings (SSSR count). The third-order valence-electron chi connectivity index (χ3n) is 3.91. The summed E-state index contributed by atoms with van der Waals surface area (Å²) in [5.74, 6) is -0.267. The Morgan fingerprint density at radius 1 is 1.46 bits per heavy atom. The SMILES string of the molecule is O=C(O)/C=C/c1cnc(NC2CCCN(Cc3ccsc3)C2)cn1. The molecule has 0 saturated carbocycles. The minimum atomic E-state index is -0.994. The van der Waals surface area contributed by atoms with Gasteiger partial charge in [0.1, 0.15) is 5.82 Å². The number of carbonyl (C=O) groups is 1. The highest BCUT2D eigenvalue weighted by Crippen LogP contribution is 2.17. The van der Waals surface area contributed by atoms with E-state index in [1.165, 1.54) is 11.6 Å². The van der Waals surface area contributed by atoms with Crippen LogP contribution < -0.4 is 5.32 Å². The number of nitrogens with zero attached hydrogens (tertiary/aromatic N) is 3. The van der Waals surface area contributed by atoms with Crippen LogP contribution in [0.25, 0.3) is 6.08 Å². The standard InChI is InChI=1S/C17H20N4O2S/c22-17(23)4-3-14-8-19-16(9-18-14)20-15-2-1-6-21(11-15)10-13-5-7-24-12-13/h3-5,7-9,12,15H,1-2,6,10-11H2,(H,19,20)(H,22,23)/b4-3+. The molecule has 1 atom stereocenters. The first-order valence-corrected chi connectivity index (χ1v) is 8.86. The molecule has 0 bridgehead atoms. The molecule has 1 saturated heterocycles. The number of thiophene rings is 1. The molecule has 2 N–H and O–H groups in total. The Balaban J connectivity index is 1.54. The first-order chi connectivity index (χ1) is 11.7. The smallest absolute Gasteiger partial charge is 0.328 e. The maximum atomic E-state index is 10.5. The monoisotopic (exact) mass is 344 g/mol. The van der Waals surface area contributed by atoms with Crippen LogP contribution in [-0.2, 0) is 11.3 Å². The predicted octanol–water partition coefficient (Wildman–Crippen LogP) is 2.71. The number of carboxylic acid groups (broad SMARTS) is 1. The fraction of sp³-hybridized carbons (Fsp3) is 0.353. The summed E-state index contributed by atoms with van der Waals surface area (Å²) in [7, 11) is 0. The molecule has 1 aliphatic heterocycles. The highest BCUT2D eigenvalue weighted by atomic mass is 32.1. The Morgan fingerprint density at radius 3 is 3.08 bits per heavy atom. The maximum absolute atomic E-state index is 10.5. The molecule has 0 aliphatic carbocycles. The lowest BCUT2D eigenvalue weighted by Crippen LogP contribution is -2.41. The molecule has 1 fully saturated rings. The van der Waals surface area contributed by atoms with Crippen LogP contribution in [0.15, 0.2) is 35.3 Å². The van der Waals surface area contributed by atoms with Crippen LogP contribution in [0.1, 0.15) is 24.1 Å². The number of likely N-dealkylation sites (tertiary alicyclic amines) is 1. The number of rotatable bonds is 6. The molecule has 0 spiro atoms. The summed E-state index contributed by atoms with van der Waals surface area (Å²) in [5, 5.41) is 16.4. The quantitative estimate of drug-likeness (QED) is 0.785. The van der Waals surface area contributed by atoms with Crippen molar-refractivity contribution >= 4 is 29.2 Å². The van der Waals surface area contributed by atoms with Crippen LogP contribution in [0.2, 0.25) is 0 Å². The average Bonchev–Trinajstić information content (AvgIpc) is 3.07. The van der Waals surface area contributed by atoms with E-state index in [0.717, 1.165) is 44.4 Å². The molecule has 1 aliphatic rings. The van der Waals surface area contributed by atoms with Crippen LogP contribution >= 0.6 is 11.3 Å². The second-order valence-corrected chi connectivity index (χ2v) is 6.63.